The Bertz CT molecular complexity index is 1070. The molecule has 0 saturated heterocycles. The molecule has 1 N–H and O–H groups in total. The van der Waals surface area contributed by atoms with E-state index >= 15 is 0 Å². The van der Waals surface area contributed by atoms with Crippen molar-refractivity contribution in [3.05, 3.63) is 79.2 Å². The number of benzene rings is 2. The normalized spacial score (nSPS) is 23.6. The first-order chi connectivity index (χ1) is 12.6. The zero-order valence-corrected chi connectivity index (χ0v) is 15.7. The molecule has 2 aliphatic rings. The molecule has 0 fully saturated rings. The number of ether oxygens (including phenoxy) is 1. The number of thiazole rings is 1. The summed E-state index contributed by atoms with van der Waals surface area (Å²) in [6.07, 6.45) is 0. The number of aromatic nitrogens is 1. The Labute approximate surface area is 162 Å². The van der Waals surface area contributed by atoms with Crippen LogP contribution in [0.1, 0.15) is 27.2 Å². The molecular formula is C19H12ClNO3S2. The Kier molecular flexibility index (Phi) is 3.74. The summed E-state index contributed by atoms with van der Waals surface area (Å²) in [6, 6.07) is 15.1. The summed E-state index contributed by atoms with van der Waals surface area (Å²) in [5, 5.41) is 1.33. The van der Waals surface area contributed by atoms with Crippen LogP contribution in [0.2, 0.25) is 5.02 Å². The van der Waals surface area contributed by atoms with Crippen LogP contribution in [0, 0.1) is 5.92 Å². The van der Waals surface area contributed by atoms with E-state index in [2.05, 4.69) is 4.98 Å². The number of carbonyl (C=O) groups excluding carboxylic acids is 1. The number of carbonyl (C=O) groups is 1. The van der Waals surface area contributed by atoms with Gasteiger partial charge in [0.25, 0.3) is 0 Å². The zero-order valence-electron chi connectivity index (χ0n) is 13.3. The number of halogens is 1. The van der Waals surface area contributed by atoms with Crippen LogP contribution in [0.5, 0.6) is 5.75 Å². The predicted octanol–water partition coefficient (Wildman–Crippen LogP) is 4.60. The Morgan fingerprint density at radius 2 is 1.81 bits per heavy atom. The fraction of sp³-hybridized carbons (Fsp3) is 0.158. The van der Waals surface area contributed by atoms with Gasteiger partial charge in [-0.15, -0.1) is 0 Å². The van der Waals surface area contributed by atoms with E-state index in [1.165, 1.54) is 23.1 Å². The summed E-state index contributed by atoms with van der Waals surface area (Å²) in [5.74, 6) is -0.261. The molecule has 0 radical (unpaired) electrons. The van der Waals surface area contributed by atoms with Crippen LogP contribution in [0.3, 0.4) is 0 Å². The number of hydrogen-bond donors (Lipinski definition) is 1. The number of nitrogens with one attached hydrogen (secondary N) is 1. The van der Waals surface area contributed by atoms with Gasteiger partial charge in [0.05, 0.1) is 16.2 Å². The van der Waals surface area contributed by atoms with E-state index in [1.807, 2.05) is 42.5 Å². The first kappa shape index (κ1) is 16.2. The van der Waals surface area contributed by atoms with Gasteiger partial charge in [0, 0.05) is 21.4 Å². The quantitative estimate of drug-likeness (QED) is 0.478. The molecule has 130 valence electrons. The molecule has 2 aliphatic heterocycles. The van der Waals surface area contributed by atoms with Gasteiger partial charge in [-0.25, -0.2) is 0 Å². The molecule has 0 saturated carbocycles. The average molecular weight is 402 g/mol. The summed E-state index contributed by atoms with van der Waals surface area (Å²) < 4.78 is 5.64. The van der Waals surface area contributed by atoms with Gasteiger partial charge in [-0.05, 0) is 23.8 Å². The minimum Gasteiger partial charge on any atom is -0.426 e. The molecule has 4 nitrogen and oxygen atoms in total. The van der Waals surface area contributed by atoms with Gasteiger partial charge in [-0.3, -0.25) is 9.59 Å². The van der Waals surface area contributed by atoms with Gasteiger partial charge in [0.1, 0.15) is 5.75 Å². The first-order valence-electron chi connectivity index (χ1n) is 8.07. The zero-order chi connectivity index (χ0) is 17.8. The molecule has 0 aliphatic carbocycles. The summed E-state index contributed by atoms with van der Waals surface area (Å²) in [6.45, 7) is 0. The lowest BCUT2D eigenvalue weighted by molar-refractivity contribution is -0.140. The highest BCUT2D eigenvalue weighted by molar-refractivity contribution is 7.99. The number of hydrogen-bond acceptors (Lipinski definition) is 5. The van der Waals surface area contributed by atoms with Gasteiger partial charge in [0.2, 0.25) is 0 Å². The second-order valence-electron chi connectivity index (χ2n) is 6.26. The molecule has 0 bridgehead atoms. The highest BCUT2D eigenvalue weighted by Gasteiger charge is 2.49. The van der Waals surface area contributed by atoms with Crippen molar-refractivity contribution in [2.24, 2.45) is 5.92 Å². The van der Waals surface area contributed by atoms with Crippen LogP contribution < -0.4 is 9.61 Å². The van der Waals surface area contributed by atoms with E-state index in [9.17, 15) is 9.59 Å². The lowest BCUT2D eigenvalue weighted by atomic mass is 9.78. The van der Waals surface area contributed by atoms with E-state index in [0.29, 0.717) is 10.8 Å². The SMILES string of the molecule is O=C1Oc2ccccc2[C@H]2c3sc(=O)[nH]c3S[C@H](c3ccc(Cl)cc3)[C@H]12. The first-order valence-corrected chi connectivity index (χ1v) is 10.1. The third-order valence-electron chi connectivity index (χ3n) is 4.79. The molecule has 0 amide bonds. The molecule has 1 aromatic heterocycles. The maximum Gasteiger partial charge on any atom is 0.316 e. The molecule has 3 aromatic rings. The van der Waals surface area contributed by atoms with Crippen molar-refractivity contribution < 1.29 is 9.53 Å². The number of esters is 1. The maximum atomic E-state index is 12.9. The fourth-order valence-corrected chi connectivity index (χ4v) is 6.40. The molecule has 3 heterocycles. The number of thioether (sulfide) groups is 1. The van der Waals surface area contributed by atoms with Crippen LogP contribution in [0.15, 0.2) is 58.4 Å². The number of rotatable bonds is 1. The molecule has 2 aromatic carbocycles. The summed E-state index contributed by atoms with van der Waals surface area (Å²) in [4.78, 5) is 28.7. The van der Waals surface area contributed by atoms with Crippen LogP contribution in [-0.4, -0.2) is 11.0 Å². The topological polar surface area (TPSA) is 59.2 Å². The van der Waals surface area contributed by atoms with Crippen LogP contribution >= 0.6 is 34.7 Å². The predicted molar refractivity (Wildman–Crippen MR) is 102 cm³/mol. The van der Waals surface area contributed by atoms with Gasteiger partial charge >= 0.3 is 10.8 Å². The number of H-pyrrole nitrogens is 1. The monoisotopic (exact) mass is 401 g/mol. The minimum atomic E-state index is -0.393. The van der Waals surface area contributed by atoms with Crippen molar-refractivity contribution in [3.63, 3.8) is 0 Å². The molecule has 5 rings (SSSR count). The summed E-state index contributed by atoms with van der Waals surface area (Å²) in [7, 11) is 0. The fourth-order valence-electron chi connectivity index (χ4n) is 3.69. The Balaban J connectivity index is 1.73. The second kappa shape index (κ2) is 6.01. The molecule has 26 heavy (non-hydrogen) atoms. The Hall–Kier alpha value is -2.02. The standard InChI is InChI=1S/C19H12ClNO3S2/c20-10-7-5-9(6-8-10)15-14-13(16-17(25-15)21-19(23)26-16)11-3-1-2-4-12(11)24-18(14)22/h1-8,13-15H,(H,21,23)/t13-,14-,15-/m1/s1. The smallest absolute Gasteiger partial charge is 0.316 e. The molecule has 3 atom stereocenters. The van der Waals surface area contributed by atoms with E-state index < -0.39 is 5.92 Å². The van der Waals surface area contributed by atoms with E-state index in [0.717, 1.165) is 21.0 Å². The summed E-state index contributed by atoms with van der Waals surface area (Å²) >= 11 is 8.72. The summed E-state index contributed by atoms with van der Waals surface area (Å²) in [5.41, 5.74) is 1.94. The van der Waals surface area contributed by atoms with Crippen molar-refractivity contribution in [2.45, 2.75) is 16.2 Å². The lowest BCUT2D eigenvalue weighted by Crippen LogP contribution is -2.37. The van der Waals surface area contributed by atoms with Crippen molar-refractivity contribution in [1.82, 2.24) is 4.98 Å². The van der Waals surface area contributed by atoms with Gasteiger partial charge in [0.15, 0.2) is 0 Å². The second-order valence-corrected chi connectivity index (χ2v) is 8.86. The van der Waals surface area contributed by atoms with Crippen molar-refractivity contribution >= 4 is 40.7 Å². The number of fused-ring (bicyclic) bond motifs is 5. The van der Waals surface area contributed by atoms with Crippen molar-refractivity contribution in [2.75, 3.05) is 0 Å². The Morgan fingerprint density at radius 1 is 1.04 bits per heavy atom. The average Bonchev–Trinajstić information content (AvgIpc) is 3.01. The molecule has 0 spiro atoms. The number of aromatic amines is 1. The van der Waals surface area contributed by atoms with E-state index in [-0.39, 0.29) is 22.0 Å². The van der Waals surface area contributed by atoms with Crippen LogP contribution in [-0.2, 0) is 4.79 Å². The van der Waals surface area contributed by atoms with Crippen LogP contribution in [0.4, 0.5) is 0 Å². The van der Waals surface area contributed by atoms with Crippen molar-refractivity contribution in [3.8, 4) is 5.75 Å². The largest absolute Gasteiger partial charge is 0.426 e. The van der Waals surface area contributed by atoms with E-state index in [1.54, 1.807) is 6.07 Å². The van der Waals surface area contributed by atoms with Crippen LogP contribution in [0.25, 0.3) is 0 Å². The minimum absolute atomic E-state index is 0.102. The lowest BCUT2D eigenvalue weighted by Gasteiger charge is -2.39. The molecular weight excluding hydrogens is 390 g/mol. The highest BCUT2D eigenvalue weighted by Crippen LogP contribution is 2.58. The highest BCUT2D eigenvalue weighted by atomic mass is 35.5. The van der Waals surface area contributed by atoms with Crippen molar-refractivity contribution in [1.29, 1.82) is 0 Å². The molecule has 7 heteroatoms. The third kappa shape index (κ3) is 2.44. The molecule has 0 unspecified atom stereocenters. The number of para-hydroxylation sites is 1. The Morgan fingerprint density at radius 3 is 2.62 bits per heavy atom. The van der Waals surface area contributed by atoms with E-state index in [4.69, 9.17) is 16.3 Å². The van der Waals surface area contributed by atoms with Gasteiger partial charge < -0.3 is 9.72 Å². The third-order valence-corrected chi connectivity index (χ3v) is 7.51. The maximum absolute atomic E-state index is 12.9. The van der Waals surface area contributed by atoms with Gasteiger partial charge in [-0.1, -0.05) is 65.0 Å². The van der Waals surface area contributed by atoms with Gasteiger partial charge in [-0.2, -0.15) is 0 Å².